The smallest absolute Gasteiger partial charge is 0.216 e. The molecule has 6 rings (SSSR count). The fraction of sp³-hybridized carbons (Fsp3) is 0.345. The van der Waals surface area contributed by atoms with E-state index < -0.39 is 5.60 Å². The average molecular weight is 427 g/mol. The third-order valence-corrected chi connectivity index (χ3v) is 7.92. The lowest BCUT2D eigenvalue weighted by atomic mass is 9.64. The van der Waals surface area contributed by atoms with Crippen LogP contribution in [-0.4, -0.2) is 41.6 Å². The van der Waals surface area contributed by atoms with Crippen LogP contribution in [0, 0.1) is 18.8 Å². The molecule has 32 heavy (non-hydrogen) atoms. The van der Waals surface area contributed by atoms with Gasteiger partial charge < -0.3 is 9.59 Å². The molecule has 0 spiro atoms. The van der Waals surface area contributed by atoms with E-state index in [2.05, 4.69) is 0 Å². The molecule has 3 saturated heterocycles. The van der Waals surface area contributed by atoms with E-state index in [1.807, 2.05) is 91.9 Å². The van der Waals surface area contributed by atoms with Crippen molar-refractivity contribution in [3.05, 3.63) is 107 Å². The second-order valence-electron chi connectivity index (χ2n) is 9.86. The molecule has 3 aromatic carbocycles. The number of quaternary nitrogens is 1. The summed E-state index contributed by atoms with van der Waals surface area (Å²) in [4.78, 5) is 13.2. The van der Waals surface area contributed by atoms with E-state index in [1.54, 1.807) is 0 Å². The molecule has 1 atom stereocenters. The molecule has 3 aliphatic heterocycles. The third kappa shape index (κ3) is 3.70. The summed E-state index contributed by atoms with van der Waals surface area (Å²) in [7, 11) is 0. The van der Waals surface area contributed by atoms with Gasteiger partial charge in [-0.1, -0.05) is 90.5 Å². The SMILES string of the molecule is Cc1ccc(C(=O)C[N+]23CCC(CC2)[C@H](C(O)(c2ccccc2)c2ccccc2)C3)cc1. The van der Waals surface area contributed by atoms with E-state index in [0.29, 0.717) is 12.5 Å². The van der Waals surface area contributed by atoms with E-state index in [1.165, 1.54) is 5.56 Å². The minimum atomic E-state index is -1.05. The Morgan fingerprint density at radius 3 is 1.94 bits per heavy atom. The second-order valence-corrected chi connectivity index (χ2v) is 9.86. The maximum Gasteiger partial charge on any atom is 0.216 e. The fourth-order valence-corrected chi connectivity index (χ4v) is 6.10. The predicted molar refractivity (Wildman–Crippen MR) is 127 cm³/mol. The molecule has 2 bridgehead atoms. The second kappa shape index (κ2) is 8.31. The van der Waals surface area contributed by atoms with E-state index in [-0.39, 0.29) is 11.7 Å². The van der Waals surface area contributed by atoms with Gasteiger partial charge in [0.15, 0.2) is 0 Å². The van der Waals surface area contributed by atoms with Gasteiger partial charge in [0.25, 0.3) is 0 Å². The van der Waals surface area contributed by atoms with Crippen LogP contribution in [0.2, 0.25) is 0 Å². The van der Waals surface area contributed by atoms with Crippen molar-refractivity contribution in [1.82, 2.24) is 0 Å². The average Bonchev–Trinajstić information content (AvgIpc) is 2.85. The van der Waals surface area contributed by atoms with Gasteiger partial charge in [-0.3, -0.25) is 4.79 Å². The molecular formula is C29H32NO2+. The van der Waals surface area contributed by atoms with E-state index in [0.717, 1.165) is 53.6 Å². The fourth-order valence-electron chi connectivity index (χ4n) is 6.10. The van der Waals surface area contributed by atoms with Crippen molar-refractivity contribution < 1.29 is 14.4 Å². The number of carbonyl (C=O) groups is 1. The number of fused-ring (bicyclic) bond motifs is 3. The first kappa shape index (κ1) is 21.1. The molecule has 1 N–H and O–H groups in total. The minimum Gasteiger partial charge on any atom is -0.380 e. The summed E-state index contributed by atoms with van der Waals surface area (Å²) in [5.74, 6) is 0.766. The zero-order chi connectivity index (χ0) is 22.2. The Kier molecular flexibility index (Phi) is 5.48. The number of carbonyl (C=O) groups excluding carboxylic acids is 1. The summed E-state index contributed by atoms with van der Waals surface area (Å²) in [5.41, 5.74) is 2.82. The highest BCUT2D eigenvalue weighted by atomic mass is 16.3. The molecule has 0 unspecified atom stereocenters. The molecule has 3 fully saturated rings. The van der Waals surface area contributed by atoms with Crippen molar-refractivity contribution >= 4 is 5.78 Å². The Hall–Kier alpha value is -2.75. The van der Waals surface area contributed by atoms with Crippen LogP contribution in [0.15, 0.2) is 84.9 Å². The van der Waals surface area contributed by atoms with Crippen LogP contribution >= 0.6 is 0 Å². The molecule has 3 nitrogen and oxygen atoms in total. The molecule has 3 aliphatic rings. The molecule has 3 heterocycles. The zero-order valence-corrected chi connectivity index (χ0v) is 18.8. The van der Waals surface area contributed by atoms with Crippen LogP contribution in [0.5, 0.6) is 0 Å². The monoisotopic (exact) mass is 426 g/mol. The van der Waals surface area contributed by atoms with Gasteiger partial charge in [-0.25, -0.2) is 0 Å². The summed E-state index contributed by atoms with van der Waals surface area (Å²) in [6, 6.07) is 28.2. The predicted octanol–water partition coefficient (Wildman–Crippen LogP) is 4.97. The normalized spacial score (nSPS) is 24.9. The van der Waals surface area contributed by atoms with Gasteiger partial charge in [-0.05, 0) is 24.0 Å². The molecule has 0 saturated carbocycles. The van der Waals surface area contributed by atoms with Gasteiger partial charge in [0.2, 0.25) is 5.78 Å². The third-order valence-electron chi connectivity index (χ3n) is 7.92. The number of benzene rings is 3. The standard InChI is InChI=1S/C29H32NO2/c1-22-12-14-24(15-13-22)28(31)21-30-18-16-23(17-19-30)27(20-30)29(32,25-8-4-2-5-9-25)26-10-6-3-7-11-26/h2-15,23,27,32H,16-21H2,1H3/q+1/t23?,27-,30?/m1/s1. The number of hydrogen-bond acceptors (Lipinski definition) is 2. The van der Waals surface area contributed by atoms with Crippen LogP contribution in [0.4, 0.5) is 0 Å². The van der Waals surface area contributed by atoms with E-state index >= 15 is 0 Å². The van der Waals surface area contributed by atoms with Gasteiger partial charge in [0.05, 0.1) is 19.6 Å². The molecule has 0 radical (unpaired) electrons. The Morgan fingerprint density at radius 2 is 1.41 bits per heavy atom. The molecule has 0 aliphatic carbocycles. The number of aryl methyl sites for hydroxylation is 1. The van der Waals surface area contributed by atoms with Gasteiger partial charge in [-0.15, -0.1) is 0 Å². The topological polar surface area (TPSA) is 37.3 Å². The lowest BCUT2D eigenvalue weighted by Crippen LogP contribution is -2.66. The first-order chi connectivity index (χ1) is 15.5. The molecular weight excluding hydrogens is 394 g/mol. The van der Waals surface area contributed by atoms with Gasteiger partial charge in [-0.2, -0.15) is 0 Å². The highest BCUT2D eigenvalue weighted by Crippen LogP contribution is 2.49. The number of piperidine rings is 3. The molecule has 0 amide bonds. The zero-order valence-electron chi connectivity index (χ0n) is 18.8. The lowest BCUT2D eigenvalue weighted by Gasteiger charge is -2.56. The summed E-state index contributed by atoms with van der Waals surface area (Å²) in [6.45, 7) is 5.45. The van der Waals surface area contributed by atoms with E-state index in [9.17, 15) is 9.90 Å². The minimum absolute atomic E-state index is 0.0839. The van der Waals surface area contributed by atoms with Crippen LogP contribution < -0.4 is 0 Å². The van der Waals surface area contributed by atoms with Crippen LogP contribution in [-0.2, 0) is 5.60 Å². The Balaban J connectivity index is 1.49. The van der Waals surface area contributed by atoms with Crippen molar-refractivity contribution in [2.75, 3.05) is 26.2 Å². The van der Waals surface area contributed by atoms with Crippen LogP contribution in [0.3, 0.4) is 0 Å². The summed E-state index contributed by atoms with van der Waals surface area (Å²) >= 11 is 0. The first-order valence-corrected chi connectivity index (χ1v) is 11.8. The maximum absolute atomic E-state index is 13.2. The van der Waals surface area contributed by atoms with Gasteiger partial charge >= 0.3 is 0 Å². The van der Waals surface area contributed by atoms with Crippen LogP contribution in [0.1, 0.15) is 39.9 Å². The van der Waals surface area contributed by atoms with Crippen molar-refractivity contribution in [3.63, 3.8) is 0 Å². The Labute approximate surface area is 190 Å². The first-order valence-electron chi connectivity index (χ1n) is 11.8. The highest BCUT2D eigenvalue weighted by Gasteiger charge is 2.55. The Bertz CT molecular complexity index is 1030. The number of rotatable bonds is 6. The van der Waals surface area contributed by atoms with E-state index in [4.69, 9.17) is 0 Å². The summed E-state index contributed by atoms with van der Waals surface area (Å²) < 4.78 is 0.788. The maximum atomic E-state index is 13.2. The number of aliphatic hydroxyl groups is 1. The van der Waals surface area contributed by atoms with Crippen molar-refractivity contribution in [3.8, 4) is 0 Å². The number of nitrogens with zero attached hydrogens (tertiary/aromatic N) is 1. The van der Waals surface area contributed by atoms with Gasteiger partial charge in [0.1, 0.15) is 12.1 Å². The molecule has 3 heteroatoms. The van der Waals surface area contributed by atoms with Crippen molar-refractivity contribution in [1.29, 1.82) is 0 Å². The number of hydrogen-bond donors (Lipinski definition) is 1. The van der Waals surface area contributed by atoms with Crippen LogP contribution in [0.25, 0.3) is 0 Å². The molecule has 164 valence electrons. The number of Topliss-reactive ketones (excluding diaryl/α,β-unsaturated/α-hetero) is 1. The van der Waals surface area contributed by atoms with Gasteiger partial charge in [0, 0.05) is 24.3 Å². The molecule has 0 aromatic heterocycles. The lowest BCUT2D eigenvalue weighted by molar-refractivity contribution is -0.940. The number of ketones is 1. The molecule has 3 aromatic rings. The van der Waals surface area contributed by atoms with Crippen molar-refractivity contribution in [2.24, 2.45) is 11.8 Å². The largest absolute Gasteiger partial charge is 0.380 e. The summed E-state index contributed by atoms with van der Waals surface area (Å²) in [6.07, 6.45) is 2.13. The van der Waals surface area contributed by atoms with Crippen molar-refractivity contribution in [2.45, 2.75) is 25.4 Å². The highest BCUT2D eigenvalue weighted by molar-refractivity contribution is 5.97. The quantitative estimate of drug-likeness (QED) is 0.446. The Morgan fingerprint density at radius 1 is 0.875 bits per heavy atom. The summed E-state index contributed by atoms with van der Waals surface area (Å²) in [5, 5.41) is 12.4.